The minimum Gasteiger partial charge on any atom is -0.481 e. The summed E-state index contributed by atoms with van der Waals surface area (Å²) < 4.78 is 64.1. The first-order valence-electron chi connectivity index (χ1n) is 5.37. The van der Waals surface area contributed by atoms with Gasteiger partial charge in [0, 0.05) is 0 Å². The third kappa shape index (κ3) is 7.46. The number of hydrogen-bond acceptors (Lipinski definition) is 6. The van der Waals surface area contributed by atoms with Crippen LogP contribution in [-0.4, -0.2) is 47.0 Å². The lowest BCUT2D eigenvalue weighted by molar-refractivity contribution is -0.141. The fourth-order valence-corrected chi connectivity index (χ4v) is 6.04. The number of carboxylic acids is 1. The van der Waals surface area contributed by atoms with E-state index in [4.69, 9.17) is 9.66 Å². The molecule has 0 heterocycles. The Kier molecular flexibility index (Phi) is 8.71. The second kappa shape index (κ2) is 8.85. The molecule has 8 nitrogen and oxygen atoms in total. The number of carboxylic acid groups (broad SMARTS) is 1. The topological polar surface area (TPSA) is 143 Å². The molecule has 0 saturated heterocycles. The fraction of sp³-hybridized carbons (Fsp3) is 0.875. The van der Waals surface area contributed by atoms with E-state index >= 15 is 0 Å². The first-order valence-corrected chi connectivity index (χ1v) is 10.3. The molecule has 0 amide bonds. The molecule has 0 aromatic rings. The van der Waals surface area contributed by atoms with Crippen LogP contribution < -0.4 is 0 Å². The van der Waals surface area contributed by atoms with E-state index in [1.54, 1.807) is 0 Å². The van der Waals surface area contributed by atoms with Crippen LogP contribution in [0.15, 0.2) is 0 Å². The highest BCUT2D eigenvalue weighted by atomic mass is 32.2. The van der Waals surface area contributed by atoms with E-state index in [0.29, 0.717) is 0 Å². The van der Waals surface area contributed by atoms with Gasteiger partial charge >= 0.3 is 13.8 Å². The van der Waals surface area contributed by atoms with E-state index in [2.05, 4.69) is 0 Å². The van der Waals surface area contributed by atoms with Crippen LogP contribution in [0.2, 0.25) is 0 Å². The maximum absolute atomic E-state index is 11.7. The van der Waals surface area contributed by atoms with Crippen molar-refractivity contribution in [3.63, 3.8) is 0 Å². The molecule has 12 heteroatoms. The Bertz CT molecular complexity index is 482. The Labute approximate surface area is 120 Å². The molecule has 0 radical (unpaired) electrons. The van der Waals surface area contributed by atoms with Crippen molar-refractivity contribution in [2.75, 3.05) is 12.3 Å². The quantitative estimate of drug-likeness (QED) is 0.444. The molecule has 0 aromatic heterocycles. The van der Waals surface area contributed by atoms with Crippen molar-refractivity contribution in [2.24, 2.45) is 5.92 Å². The summed E-state index contributed by atoms with van der Waals surface area (Å²) >= 11 is 0. The lowest BCUT2D eigenvalue weighted by Gasteiger charge is -2.12. The molecule has 0 aliphatic rings. The number of aliphatic carboxylic acids is 1. The zero-order valence-corrected chi connectivity index (χ0v) is 13.9. The largest absolute Gasteiger partial charge is 0.481 e. The van der Waals surface area contributed by atoms with Gasteiger partial charge in [-0.3, -0.25) is 18.5 Å². The molecule has 114 valence electrons. The highest BCUT2D eigenvalue weighted by molar-refractivity contribution is 7.86. The van der Waals surface area contributed by atoms with E-state index in [0.717, 1.165) is 0 Å². The SMILES string of the molecule is CC(CC(C[P+](=O)CC(P=O)P=O)S(=O)(=O)O)C(=O)O. The third-order valence-electron chi connectivity index (χ3n) is 2.48. The second-order valence-corrected chi connectivity index (χ2v) is 9.62. The van der Waals surface area contributed by atoms with Crippen molar-refractivity contribution >= 4 is 40.8 Å². The van der Waals surface area contributed by atoms with E-state index < -0.39 is 63.5 Å². The Morgan fingerprint density at radius 1 is 1.25 bits per heavy atom. The smallest absolute Gasteiger partial charge is 0.342 e. The van der Waals surface area contributed by atoms with Crippen molar-refractivity contribution in [1.82, 2.24) is 0 Å². The van der Waals surface area contributed by atoms with Gasteiger partial charge in [-0.2, -0.15) is 8.42 Å². The Morgan fingerprint density at radius 2 is 1.75 bits per heavy atom. The van der Waals surface area contributed by atoms with Crippen LogP contribution in [0.3, 0.4) is 0 Å². The van der Waals surface area contributed by atoms with Gasteiger partial charge in [0.25, 0.3) is 10.1 Å². The Morgan fingerprint density at radius 3 is 2.10 bits per heavy atom. The van der Waals surface area contributed by atoms with Crippen molar-refractivity contribution < 1.29 is 36.6 Å². The average molecular weight is 363 g/mol. The van der Waals surface area contributed by atoms with Crippen LogP contribution in [0.4, 0.5) is 0 Å². The second-order valence-electron chi connectivity index (χ2n) is 4.15. The van der Waals surface area contributed by atoms with Gasteiger partial charge in [0.1, 0.15) is 5.25 Å². The monoisotopic (exact) mass is 363 g/mol. The van der Waals surface area contributed by atoms with Gasteiger partial charge < -0.3 is 5.11 Å². The number of rotatable bonds is 10. The molecule has 0 rings (SSSR count). The van der Waals surface area contributed by atoms with Gasteiger partial charge in [-0.05, 0) is 6.42 Å². The molecule has 0 bridgehead atoms. The molecule has 2 N–H and O–H groups in total. The van der Waals surface area contributed by atoms with Gasteiger partial charge in [0.15, 0.2) is 34.6 Å². The van der Waals surface area contributed by atoms with Crippen LogP contribution in [0.1, 0.15) is 13.3 Å². The molecule has 0 fully saturated rings. The van der Waals surface area contributed by atoms with Gasteiger partial charge in [0.2, 0.25) is 0 Å². The normalized spacial score (nSPS) is 17.6. The standard InChI is InChI=1S/C8H13O8P3S/c1-5(8(9)10)2-6(20(14,15)16)3-19(13)4-7(17-11)18-12/h5-7H,2-4H2,1H3,(H-,9,10,14,15,16)/p+1. The summed E-state index contributed by atoms with van der Waals surface area (Å²) in [5.74, 6) is -2.26. The van der Waals surface area contributed by atoms with Crippen molar-refractivity contribution in [3.8, 4) is 0 Å². The molecule has 0 spiro atoms. The summed E-state index contributed by atoms with van der Waals surface area (Å²) in [7, 11) is -7.69. The van der Waals surface area contributed by atoms with E-state index in [1.165, 1.54) is 6.92 Å². The number of carbonyl (C=O) groups is 1. The summed E-state index contributed by atoms with van der Waals surface area (Å²) in [5.41, 5.74) is 0. The Balaban J connectivity index is 4.83. The maximum atomic E-state index is 11.7. The first kappa shape index (κ1) is 19.7. The Hall–Kier alpha value is -0.320. The summed E-state index contributed by atoms with van der Waals surface area (Å²) in [6, 6.07) is 0. The highest BCUT2D eigenvalue weighted by Crippen LogP contribution is 2.34. The summed E-state index contributed by atoms with van der Waals surface area (Å²) in [6.07, 6.45) is -1.09. The highest BCUT2D eigenvalue weighted by Gasteiger charge is 2.36. The molecule has 0 aliphatic carbocycles. The van der Waals surface area contributed by atoms with Gasteiger partial charge in [0.05, 0.1) is 5.92 Å². The van der Waals surface area contributed by atoms with Crippen LogP contribution in [-0.2, 0) is 28.6 Å². The van der Waals surface area contributed by atoms with Gasteiger partial charge in [-0.15, -0.1) is 0 Å². The van der Waals surface area contributed by atoms with Crippen molar-refractivity contribution in [3.05, 3.63) is 0 Å². The zero-order valence-electron chi connectivity index (χ0n) is 10.4. The summed E-state index contributed by atoms with van der Waals surface area (Å²) in [5, 5.41) is 6.33. The average Bonchev–Trinajstić information content (AvgIpc) is 2.33. The molecule has 20 heavy (non-hydrogen) atoms. The summed E-state index contributed by atoms with van der Waals surface area (Å²) in [6.45, 7) is 1.27. The molecule has 0 saturated carbocycles. The van der Waals surface area contributed by atoms with Gasteiger partial charge in [-0.1, -0.05) is 11.5 Å². The molecule has 3 unspecified atom stereocenters. The predicted molar refractivity (Wildman–Crippen MR) is 73.1 cm³/mol. The number of hydrogen-bond donors (Lipinski definition) is 2. The molecular weight excluding hydrogens is 349 g/mol. The lowest BCUT2D eigenvalue weighted by atomic mass is 10.1. The van der Waals surface area contributed by atoms with Crippen LogP contribution >= 0.6 is 24.7 Å². The fourth-order valence-electron chi connectivity index (χ4n) is 1.36. The molecular formula is C8H14O8P3S+. The zero-order chi connectivity index (χ0) is 15.9. The molecule has 0 aromatic carbocycles. The maximum Gasteiger partial charge on any atom is 0.342 e. The molecule has 0 aliphatic heterocycles. The van der Waals surface area contributed by atoms with Crippen LogP contribution in [0.25, 0.3) is 0 Å². The summed E-state index contributed by atoms with van der Waals surface area (Å²) in [4.78, 5) is 10.7. The van der Waals surface area contributed by atoms with Crippen LogP contribution in [0.5, 0.6) is 0 Å². The van der Waals surface area contributed by atoms with E-state index in [-0.39, 0.29) is 12.6 Å². The molecule has 3 atom stereocenters. The minimum absolute atomic E-state index is 0.237. The van der Waals surface area contributed by atoms with Crippen molar-refractivity contribution in [2.45, 2.75) is 24.0 Å². The first-order chi connectivity index (χ1) is 9.11. The van der Waals surface area contributed by atoms with Gasteiger partial charge in [-0.25, -0.2) is 0 Å². The minimum atomic E-state index is -4.55. The third-order valence-corrected chi connectivity index (χ3v) is 7.54. The van der Waals surface area contributed by atoms with Crippen molar-refractivity contribution in [1.29, 1.82) is 0 Å². The van der Waals surface area contributed by atoms with E-state index in [1.807, 2.05) is 0 Å². The predicted octanol–water partition coefficient (Wildman–Crippen LogP) is 2.09. The van der Waals surface area contributed by atoms with E-state index in [9.17, 15) is 26.9 Å². The van der Waals surface area contributed by atoms with Crippen LogP contribution in [0, 0.1) is 5.92 Å². The lowest BCUT2D eigenvalue weighted by Crippen LogP contribution is -2.28.